The molecule has 2 rings (SSSR count). The van der Waals surface area contributed by atoms with Crippen molar-refractivity contribution >= 4 is 23.0 Å². The van der Waals surface area contributed by atoms with Crippen molar-refractivity contribution < 1.29 is 9.64 Å². The first-order chi connectivity index (χ1) is 8.84. The normalized spacial score (nSPS) is 16.2. The summed E-state index contributed by atoms with van der Waals surface area (Å²) in [6, 6.07) is 9.97. The highest BCUT2D eigenvalue weighted by atomic mass is 32.1. The molecule has 5 heteroatoms. The zero-order chi connectivity index (χ0) is 12.6. The Morgan fingerprint density at radius 2 is 1.94 bits per heavy atom. The molecule has 1 aromatic carbocycles. The molecule has 98 valence electrons. The second-order valence-corrected chi connectivity index (χ2v) is 4.77. The number of benzene rings is 1. The van der Waals surface area contributed by atoms with Crippen LogP contribution >= 0.6 is 12.2 Å². The molecule has 1 aliphatic heterocycles. The van der Waals surface area contributed by atoms with Gasteiger partial charge in [0.05, 0.1) is 26.3 Å². The van der Waals surface area contributed by atoms with Crippen molar-refractivity contribution in [2.75, 3.05) is 44.7 Å². The Bertz CT molecular complexity index is 366. The number of hydrogen-bond acceptors (Lipinski definition) is 2. The summed E-state index contributed by atoms with van der Waals surface area (Å²) >= 11 is 5.25. The molecule has 0 saturated carbocycles. The molecule has 4 nitrogen and oxygen atoms in total. The van der Waals surface area contributed by atoms with Gasteiger partial charge in [-0.05, 0) is 24.4 Å². The number of nitrogens with one attached hydrogen (secondary N) is 3. The number of quaternary nitrogens is 1. The maximum Gasteiger partial charge on any atom is 0.170 e. The van der Waals surface area contributed by atoms with E-state index in [9.17, 15) is 0 Å². The van der Waals surface area contributed by atoms with Crippen LogP contribution in [0.15, 0.2) is 30.3 Å². The third-order valence-electron chi connectivity index (χ3n) is 3.00. The number of thiocarbonyl (C=S) groups is 1. The van der Waals surface area contributed by atoms with Gasteiger partial charge in [0.15, 0.2) is 5.11 Å². The van der Waals surface area contributed by atoms with Crippen LogP contribution in [0.3, 0.4) is 0 Å². The molecule has 1 heterocycles. The summed E-state index contributed by atoms with van der Waals surface area (Å²) < 4.78 is 5.33. The molecule has 1 aromatic rings. The average Bonchev–Trinajstić information content (AvgIpc) is 2.41. The largest absolute Gasteiger partial charge is 0.370 e. The highest BCUT2D eigenvalue weighted by molar-refractivity contribution is 7.80. The van der Waals surface area contributed by atoms with Gasteiger partial charge < -0.3 is 20.3 Å². The average molecular weight is 266 g/mol. The zero-order valence-electron chi connectivity index (χ0n) is 10.4. The molecule has 1 fully saturated rings. The van der Waals surface area contributed by atoms with E-state index in [0.29, 0.717) is 5.11 Å². The van der Waals surface area contributed by atoms with Gasteiger partial charge in [-0.2, -0.15) is 0 Å². The van der Waals surface area contributed by atoms with Crippen molar-refractivity contribution in [1.82, 2.24) is 5.32 Å². The Hall–Kier alpha value is -1.17. The summed E-state index contributed by atoms with van der Waals surface area (Å²) in [6.07, 6.45) is 0. The molecule has 0 bridgehead atoms. The molecule has 0 atom stereocenters. The maximum atomic E-state index is 5.33. The highest BCUT2D eigenvalue weighted by Crippen LogP contribution is 2.03. The smallest absolute Gasteiger partial charge is 0.170 e. The standard InChI is InChI=1S/C13H19N3OS/c18-13(15-12-4-2-1-3-5-12)14-6-7-16-8-10-17-11-9-16/h1-5H,6-11H2,(H2,14,15,18)/p+1. The van der Waals surface area contributed by atoms with Gasteiger partial charge in [-0.1, -0.05) is 18.2 Å². The highest BCUT2D eigenvalue weighted by Gasteiger charge is 2.12. The molecular formula is C13H20N3OS+. The van der Waals surface area contributed by atoms with E-state index >= 15 is 0 Å². The predicted octanol–water partition coefficient (Wildman–Crippen LogP) is -0.112. The Balaban J connectivity index is 1.62. The molecule has 0 amide bonds. The second-order valence-electron chi connectivity index (χ2n) is 4.36. The van der Waals surface area contributed by atoms with Crippen LogP contribution in [0.25, 0.3) is 0 Å². The Morgan fingerprint density at radius 3 is 2.67 bits per heavy atom. The summed E-state index contributed by atoms with van der Waals surface area (Å²) in [5.41, 5.74) is 1.02. The lowest BCUT2D eigenvalue weighted by atomic mass is 10.3. The van der Waals surface area contributed by atoms with E-state index in [2.05, 4.69) is 10.6 Å². The van der Waals surface area contributed by atoms with Crippen molar-refractivity contribution in [1.29, 1.82) is 0 Å². The minimum Gasteiger partial charge on any atom is -0.370 e. The molecule has 0 aliphatic carbocycles. The molecule has 0 aromatic heterocycles. The Kier molecular flexibility index (Phi) is 5.38. The molecule has 0 unspecified atom stereocenters. The van der Waals surface area contributed by atoms with Crippen molar-refractivity contribution in [3.63, 3.8) is 0 Å². The number of ether oxygens (including phenoxy) is 1. The first-order valence-electron chi connectivity index (χ1n) is 6.36. The van der Waals surface area contributed by atoms with Crippen LogP contribution in [0, 0.1) is 0 Å². The summed E-state index contributed by atoms with van der Waals surface area (Å²) in [4.78, 5) is 1.58. The van der Waals surface area contributed by atoms with Gasteiger partial charge in [-0.3, -0.25) is 0 Å². The maximum absolute atomic E-state index is 5.33. The summed E-state index contributed by atoms with van der Waals surface area (Å²) in [5.74, 6) is 0. The first kappa shape index (κ1) is 13.3. The van der Waals surface area contributed by atoms with Gasteiger partial charge in [0.25, 0.3) is 0 Å². The molecule has 0 spiro atoms. The van der Waals surface area contributed by atoms with Gasteiger partial charge >= 0.3 is 0 Å². The van der Waals surface area contributed by atoms with E-state index in [4.69, 9.17) is 17.0 Å². The zero-order valence-corrected chi connectivity index (χ0v) is 11.3. The molecule has 1 saturated heterocycles. The van der Waals surface area contributed by atoms with Gasteiger partial charge in [-0.25, -0.2) is 0 Å². The summed E-state index contributed by atoms with van der Waals surface area (Å²) in [7, 11) is 0. The van der Waals surface area contributed by atoms with Gasteiger partial charge in [0.2, 0.25) is 0 Å². The second kappa shape index (κ2) is 7.31. The van der Waals surface area contributed by atoms with Crippen molar-refractivity contribution in [2.45, 2.75) is 0 Å². The van der Waals surface area contributed by atoms with Crippen LogP contribution in [0.2, 0.25) is 0 Å². The van der Waals surface area contributed by atoms with E-state index < -0.39 is 0 Å². The van der Waals surface area contributed by atoms with Gasteiger partial charge in [0.1, 0.15) is 13.1 Å². The summed E-state index contributed by atoms with van der Waals surface area (Å²) in [5, 5.41) is 7.09. The molecule has 18 heavy (non-hydrogen) atoms. The third kappa shape index (κ3) is 4.60. The SMILES string of the molecule is S=C(NCC[NH+]1CCOCC1)Nc1ccccc1. The topological polar surface area (TPSA) is 37.7 Å². The van der Waals surface area contributed by atoms with E-state index in [1.807, 2.05) is 30.3 Å². The number of rotatable bonds is 4. The minimum atomic E-state index is 0.689. The molecular weight excluding hydrogens is 246 g/mol. The first-order valence-corrected chi connectivity index (χ1v) is 6.76. The number of morpholine rings is 1. The number of para-hydroxylation sites is 1. The van der Waals surface area contributed by atoms with Crippen LogP contribution < -0.4 is 15.5 Å². The number of anilines is 1. The van der Waals surface area contributed by atoms with Crippen LogP contribution in [-0.2, 0) is 4.74 Å². The lowest BCUT2D eigenvalue weighted by Gasteiger charge is -2.24. The molecule has 1 aliphatic rings. The van der Waals surface area contributed by atoms with E-state index in [1.54, 1.807) is 4.90 Å². The van der Waals surface area contributed by atoms with Gasteiger partial charge in [-0.15, -0.1) is 0 Å². The fraction of sp³-hybridized carbons (Fsp3) is 0.462. The minimum absolute atomic E-state index is 0.689. The van der Waals surface area contributed by atoms with E-state index in [1.165, 1.54) is 0 Å². The number of hydrogen-bond donors (Lipinski definition) is 3. The lowest BCUT2D eigenvalue weighted by molar-refractivity contribution is -0.906. The quantitative estimate of drug-likeness (QED) is 0.665. The van der Waals surface area contributed by atoms with Gasteiger partial charge in [0, 0.05) is 5.69 Å². The fourth-order valence-corrected chi connectivity index (χ4v) is 2.18. The molecule has 3 N–H and O–H groups in total. The van der Waals surface area contributed by atoms with Crippen LogP contribution in [0.5, 0.6) is 0 Å². The fourth-order valence-electron chi connectivity index (χ4n) is 1.96. The van der Waals surface area contributed by atoms with E-state index in [0.717, 1.165) is 45.1 Å². The predicted molar refractivity (Wildman–Crippen MR) is 77.0 cm³/mol. The van der Waals surface area contributed by atoms with Crippen LogP contribution in [-0.4, -0.2) is 44.5 Å². The van der Waals surface area contributed by atoms with Crippen molar-refractivity contribution in [2.24, 2.45) is 0 Å². The van der Waals surface area contributed by atoms with Crippen molar-refractivity contribution in [3.05, 3.63) is 30.3 Å². The molecule has 0 radical (unpaired) electrons. The summed E-state index contributed by atoms with van der Waals surface area (Å²) in [6.45, 7) is 5.93. The van der Waals surface area contributed by atoms with Crippen LogP contribution in [0.4, 0.5) is 5.69 Å². The van der Waals surface area contributed by atoms with Crippen LogP contribution in [0.1, 0.15) is 0 Å². The third-order valence-corrected chi connectivity index (χ3v) is 3.24. The van der Waals surface area contributed by atoms with Crippen molar-refractivity contribution in [3.8, 4) is 0 Å². The van der Waals surface area contributed by atoms with E-state index in [-0.39, 0.29) is 0 Å². The monoisotopic (exact) mass is 266 g/mol. The Morgan fingerprint density at radius 1 is 1.22 bits per heavy atom. The Labute approximate surface area is 113 Å². The lowest BCUT2D eigenvalue weighted by Crippen LogP contribution is -3.14.